The molecule has 8 heteroatoms. The molecule has 5 N–H and O–H groups in total. The number of nitrogens with one attached hydrogen (secondary N) is 1. The lowest BCUT2D eigenvalue weighted by Gasteiger charge is -2.26. The highest BCUT2D eigenvalue weighted by atomic mass is 32.1. The van der Waals surface area contributed by atoms with Crippen LogP contribution in [-0.4, -0.2) is 11.4 Å². The molecule has 0 saturated carbocycles. The molecule has 0 saturated heterocycles. The Hall–Kier alpha value is -3.22. The zero-order valence-corrected chi connectivity index (χ0v) is 22.0. The predicted octanol–water partition coefficient (Wildman–Crippen LogP) is 6.23. The highest BCUT2D eigenvalue weighted by molar-refractivity contribution is 7.48. The third-order valence-corrected chi connectivity index (χ3v) is 7.84. The predicted molar refractivity (Wildman–Crippen MR) is 150 cm³/mol. The summed E-state index contributed by atoms with van der Waals surface area (Å²) in [6, 6.07) is 25.8. The zero-order valence-electron chi connectivity index (χ0n) is 20.2. The van der Waals surface area contributed by atoms with Gasteiger partial charge in [-0.05, 0) is 79.2 Å². The van der Waals surface area contributed by atoms with Crippen molar-refractivity contribution >= 4 is 42.0 Å². The summed E-state index contributed by atoms with van der Waals surface area (Å²) in [5.41, 5.74) is 15.2. The lowest BCUT2D eigenvalue weighted by atomic mass is 9.93. The highest BCUT2D eigenvalue weighted by Crippen LogP contribution is 2.36. The number of hydrogen-bond acceptors (Lipinski definition) is 6. The molecule has 0 aliphatic carbocycles. The van der Waals surface area contributed by atoms with Gasteiger partial charge in [0.1, 0.15) is 0 Å². The van der Waals surface area contributed by atoms with E-state index in [-0.39, 0.29) is 5.91 Å². The topological polar surface area (TPSA) is 107 Å². The van der Waals surface area contributed by atoms with Gasteiger partial charge >= 0.3 is 0 Å². The second-order valence-corrected chi connectivity index (χ2v) is 11.6. The quantitative estimate of drug-likeness (QED) is 0.179. The number of amides is 1. The van der Waals surface area contributed by atoms with E-state index >= 15 is 0 Å². The average molecular weight is 520 g/mol. The summed E-state index contributed by atoms with van der Waals surface area (Å²) in [5.74, 6) is -0.272. The molecule has 0 radical (unpaired) electrons. The third-order valence-electron chi connectivity index (χ3n) is 5.62. The first-order valence-corrected chi connectivity index (χ1v) is 13.8. The molecular weight excluding hydrogens is 489 g/mol. The summed E-state index contributed by atoms with van der Waals surface area (Å²) in [6.07, 6.45) is -0.0137. The summed E-state index contributed by atoms with van der Waals surface area (Å²) < 4.78 is 18.9. The standard InChI is InChI=1S/C28H30N3O3PS/c1-28(2,30)18-25(34-35(33)22-7-4-3-5-8-22)19-10-12-20(13-11-19)27(32)31-24-17-21(14-15-23(24)29)26-9-6-16-36-26/h3-17,25,35H,18,29-30H2,1-2H3,(H,31,32). The second-order valence-electron chi connectivity index (χ2n) is 9.31. The molecule has 0 bridgehead atoms. The summed E-state index contributed by atoms with van der Waals surface area (Å²) >= 11 is 1.62. The SMILES string of the molecule is CC(C)(N)CC(O[PH](=O)c1ccccc1)c1ccc(C(=O)Nc2cc(-c3cccs3)ccc2N)cc1. The minimum atomic E-state index is -2.48. The van der Waals surface area contributed by atoms with Gasteiger partial charge in [0.25, 0.3) is 5.91 Å². The normalized spacial score (nSPS) is 13.2. The Morgan fingerprint density at radius 2 is 1.75 bits per heavy atom. The molecule has 1 amide bonds. The maximum absolute atomic E-state index is 13.0. The van der Waals surface area contributed by atoms with Gasteiger partial charge in [-0.1, -0.05) is 42.5 Å². The molecule has 0 aliphatic rings. The first kappa shape index (κ1) is 25.9. The van der Waals surface area contributed by atoms with Crippen molar-refractivity contribution in [2.75, 3.05) is 11.1 Å². The van der Waals surface area contributed by atoms with E-state index in [4.69, 9.17) is 16.0 Å². The number of anilines is 2. The first-order chi connectivity index (χ1) is 17.2. The first-order valence-electron chi connectivity index (χ1n) is 11.6. The summed E-state index contributed by atoms with van der Waals surface area (Å²) in [6.45, 7) is 3.80. The van der Waals surface area contributed by atoms with Crippen LogP contribution >= 0.6 is 19.4 Å². The fourth-order valence-corrected chi connectivity index (χ4v) is 5.58. The Balaban J connectivity index is 1.51. The number of hydrogen-bond donors (Lipinski definition) is 3. The van der Waals surface area contributed by atoms with Crippen molar-refractivity contribution in [2.24, 2.45) is 5.73 Å². The van der Waals surface area contributed by atoms with Crippen LogP contribution in [0.3, 0.4) is 0 Å². The van der Waals surface area contributed by atoms with Crippen molar-refractivity contribution in [3.63, 3.8) is 0 Å². The van der Waals surface area contributed by atoms with Gasteiger partial charge in [-0.2, -0.15) is 0 Å². The molecule has 6 nitrogen and oxygen atoms in total. The van der Waals surface area contributed by atoms with Gasteiger partial charge in [0.05, 0.1) is 17.5 Å². The van der Waals surface area contributed by atoms with Gasteiger partial charge in [0, 0.05) is 21.3 Å². The number of thiophene rings is 1. The summed E-state index contributed by atoms with van der Waals surface area (Å²) in [5, 5.41) is 5.57. The van der Waals surface area contributed by atoms with Crippen LogP contribution in [0.1, 0.15) is 42.3 Å². The minimum Gasteiger partial charge on any atom is -0.397 e. The monoisotopic (exact) mass is 519 g/mol. The Morgan fingerprint density at radius 3 is 2.39 bits per heavy atom. The molecule has 4 rings (SSSR count). The third kappa shape index (κ3) is 6.71. The lowest BCUT2D eigenvalue weighted by molar-refractivity contribution is 0.102. The van der Waals surface area contributed by atoms with E-state index in [1.807, 2.05) is 73.8 Å². The Kier molecular flexibility index (Phi) is 8.07. The van der Waals surface area contributed by atoms with Crippen LogP contribution in [0.4, 0.5) is 11.4 Å². The van der Waals surface area contributed by atoms with Gasteiger partial charge in [-0.25, -0.2) is 0 Å². The van der Waals surface area contributed by atoms with Crippen LogP contribution in [0.5, 0.6) is 0 Å². The fourth-order valence-electron chi connectivity index (χ4n) is 3.78. The number of benzene rings is 3. The number of nitrogen functional groups attached to an aromatic ring is 1. The lowest BCUT2D eigenvalue weighted by Crippen LogP contribution is -2.34. The Morgan fingerprint density at radius 1 is 1.03 bits per heavy atom. The molecule has 0 aliphatic heterocycles. The van der Waals surface area contributed by atoms with Gasteiger partial charge in [0.15, 0.2) is 0 Å². The van der Waals surface area contributed by atoms with E-state index in [1.54, 1.807) is 41.7 Å². The van der Waals surface area contributed by atoms with Gasteiger partial charge < -0.3 is 21.3 Å². The molecule has 2 atom stereocenters. The summed E-state index contributed by atoms with van der Waals surface area (Å²) in [4.78, 5) is 14.1. The van der Waals surface area contributed by atoms with Crippen molar-refractivity contribution in [1.82, 2.24) is 0 Å². The smallest absolute Gasteiger partial charge is 0.255 e. The van der Waals surface area contributed by atoms with E-state index in [0.29, 0.717) is 28.7 Å². The van der Waals surface area contributed by atoms with Gasteiger partial charge in [0.2, 0.25) is 8.03 Å². The number of carbonyl (C=O) groups is 1. The van der Waals surface area contributed by atoms with E-state index in [9.17, 15) is 9.36 Å². The Labute approximate surface area is 216 Å². The van der Waals surface area contributed by atoms with E-state index in [2.05, 4.69) is 5.32 Å². The number of carbonyl (C=O) groups excluding carboxylic acids is 1. The molecule has 3 aromatic carbocycles. The molecule has 4 aromatic rings. The second kappa shape index (κ2) is 11.2. The van der Waals surface area contributed by atoms with Crippen molar-refractivity contribution in [2.45, 2.75) is 31.9 Å². The maximum Gasteiger partial charge on any atom is 0.255 e. The molecule has 186 valence electrons. The Bertz CT molecular complexity index is 1330. The van der Waals surface area contributed by atoms with Crippen LogP contribution in [0.15, 0.2) is 90.3 Å². The number of nitrogens with two attached hydrogens (primary N) is 2. The van der Waals surface area contributed by atoms with Crippen molar-refractivity contribution in [3.05, 3.63) is 101 Å². The van der Waals surface area contributed by atoms with E-state index in [1.165, 1.54) is 0 Å². The van der Waals surface area contributed by atoms with Gasteiger partial charge in [-0.15, -0.1) is 11.3 Å². The van der Waals surface area contributed by atoms with Crippen LogP contribution < -0.4 is 22.1 Å². The summed E-state index contributed by atoms with van der Waals surface area (Å²) in [7, 11) is -2.48. The molecule has 0 spiro atoms. The van der Waals surface area contributed by atoms with E-state index < -0.39 is 19.7 Å². The largest absolute Gasteiger partial charge is 0.397 e. The molecule has 0 fully saturated rings. The number of rotatable bonds is 9. The van der Waals surface area contributed by atoms with Crippen molar-refractivity contribution in [3.8, 4) is 10.4 Å². The maximum atomic E-state index is 13.0. The molecule has 1 heterocycles. The van der Waals surface area contributed by atoms with Crippen LogP contribution in [0, 0.1) is 0 Å². The van der Waals surface area contributed by atoms with Crippen molar-refractivity contribution < 1.29 is 13.9 Å². The molecule has 1 aromatic heterocycles. The highest BCUT2D eigenvalue weighted by Gasteiger charge is 2.24. The molecule has 36 heavy (non-hydrogen) atoms. The van der Waals surface area contributed by atoms with E-state index in [0.717, 1.165) is 16.0 Å². The van der Waals surface area contributed by atoms with Crippen LogP contribution in [0.25, 0.3) is 10.4 Å². The minimum absolute atomic E-state index is 0.272. The van der Waals surface area contributed by atoms with Crippen molar-refractivity contribution in [1.29, 1.82) is 0 Å². The van der Waals surface area contributed by atoms with Crippen LogP contribution in [0.2, 0.25) is 0 Å². The molecule has 2 unspecified atom stereocenters. The van der Waals surface area contributed by atoms with Crippen LogP contribution in [-0.2, 0) is 9.09 Å². The fraction of sp³-hybridized carbons (Fsp3) is 0.179. The molecular formula is C28H30N3O3PS. The van der Waals surface area contributed by atoms with Gasteiger partial charge in [-0.3, -0.25) is 9.36 Å². The average Bonchev–Trinajstić information content (AvgIpc) is 3.40. The zero-order chi connectivity index (χ0) is 25.7.